The van der Waals surface area contributed by atoms with Crippen molar-refractivity contribution in [2.75, 3.05) is 11.3 Å². The summed E-state index contributed by atoms with van der Waals surface area (Å²) in [5.41, 5.74) is 2.53. The average Bonchev–Trinajstić information content (AvgIpc) is 3.42. The highest BCUT2D eigenvalue weighted by molar-refractivity contribution is 7.94. The first-order valence-electron chi connectivity index (χ1n) is 9.38. The Hall–Kier alpha value is -3.17. The number of para-hydroxylation sites is 3. The van der Waals surface area contributed by atoms with E-state index < -0.39 is 10.0 Å². The Bertz CT molecular complexity index is 1260. The summed E-state index contributed by atoms with van der Waals surface area (Å²) in [6, 6.07) is 17.7. The molecule has 1 amide bonds. The van der Waals surface area contributed by atoms with Gasteiger partial charge in [0.2, 0.25) is 0 Å². The zero-order chi connectivity index (χ0) is 21.0. The predicted octanol–water partition coefficient (Wildman–Crippen LogP) is 3.72. The first kappa shape index (κ1) is 20.1. The van der Waals surface area contributed by atoms with Crippen molar-refractivity contribution in [3.8, 4) is 0 Å². The number of nitrogens with one attached hydrogen (secondary N) is 2. The van der Waals surface area contributed by atoms with Crippen LogP contribution in [-0.2, 0) is 16.6 Å². The SMILES string of the molecule is O=C(NCCCn1cnc2ccccc21)c1ccccc1NS(=O)(=O)c1cccs1. The fourth-order valence-electron chi connectivity index (χ4n) is 3.12. The topological polar surface area (TPSA) is 93.1 Å². The molecule has 0 atom stereocenters. The molecule has 0 aliphatic heterocycles. The number of fused-ring (bicyclic) bond motifs is 1. The number of rotatable bonds is 8. The number of amides is 1. The lowest BCUT2D eigenvalue weighted by Crippen LogP contribution is -2.26. The van der Waals surface area contributed by atoms with Gasteiger partial charge in [-0.15, -0.1) is 11.3 Å². The van der Waals surface area contributed by atoms with Crippen LogP contribution in [0.25, 0.3) is 11.0 Å². The van der Waals surface area contributed by atoms with Gasteiger partial charge in [0.25, 0.3) is 15.9 Å². The maximum atomic E-state index is 12.6. The summed E-state index contributed by atoms with van der Waals surface area (Å²) in [5, 5.41) is 4.56. The van der Waals surface area contributed by atoms with Crippen molar-refractivity contribution < 1.29 is 13.2 Å². The Morgan fingerprint density at radius 3 is 2.67 bits per heavy atom. The number of carbonyl (C=O) groups is 1. The Kier molecular flexibility index (Phi) is 5.82. The number of anilines is 1. The zero-order valence-electron chi connectivity index (χ0n) is 16.0. The molecule has 0 radical (unpaired) electrons. The summed E-state index contributed by atoms with van der Waals surface area (Å²) in [5.74, 6) is -0.324. The molecule has 0 saturated carbocycles. The molecule has 4 aromatic rings. The van der Waals surface area contributed by atoms with Crippen LogP contribution in [0.4, 0.5) is 5.69 Å². The second-order valence-electron chi connectivity index (χ2n) is 6.62. The molecule has 2 N–H and O–H groups in total. The number of sulfonamides is 1. The average molecular weight is 441 g/mol. The van der Waals surface area contributed by atoms with Gasteiger partial charge in [0.05, 0.1) is 28.6 Å². The van der Waals surface area contributed by atoms with E-state index in [1.165, 1.54) is 6.07 Å². The van der Waals surface area contributed by atoms with Crippen LogP contribution < -0.4 is 10.0 Å². The molecule has 9 heteroatoms. The van der Waals surface area contributed by atoms with Gasteiger partial charge < -0.3 is 9.88 Å². The van der Waals surface area contributed by atoms with Crippen molar-refractivity contribution in [1.29, 1.82) is 0 Å². The first-order chi connectivity index (χ1) is 14.5. The first-order valence-corrected chi connectivity index (χ1v) is 11.7. The number of aryl methyl sites for hydroxylation is 1. The monoisotopic (exact) mass is 440 g/mol. The molecule has 4 rings (SSSR count). The van der Waals surface area contributed by atoms with E-state index in [9.17, 15) is 13.2 Å². The summed E-state index contributed by atoms with van der Waals surface area (Å²) >= 11 is 1.12. The van der Waals surface area contributed by atoms with Crippen LogP contribution in [0.5, 0.6) is 0 Å². The lowest BCUT2D eigenvalue weighted by Gasteiger charge is -2.12. The quantitative estimate of drug-likeness (QED) is 0.409. The molecule has 2 aromatic carbocycles. The van der Waals surface area contributed by atoms with Crippen molar-refractivity contribution >= 4 is 44.0 Å². The molecule has 2 aromatic heterocycles. The third-order valence-corrected chi connectivity index (χ3v) is 7.33. The van der Waals surface area contributed by atoms with E-state index >= 15 is 0 Å². The molecular formula is C21H20N4O3S2. The number of benzene rings is 2. The lowest BCUT2D eigenvalue weighted by molar-refractivity contribution is 0.0953. The van der Waals surface area contributed by atoms with Gasteiger partial charge in [-0.1, -0.05) is 30.3 Å². The standard InChI is InChI=1S/C21H20N4O3S2/c26-21(22-12-6-13-25-15-23-18-9-3-4-10-19(18)25)16-7-1-2-8-17(16)24-30(27,28)20-11-5-14-29-20/h1-5,7-11,14-15,24H,6,12-13H2,(H,22,26). The van der Waals surface area contributed by atoms with E-state index in [-0.39, 0.29) is 21.4 Å². The van der Waals surface area contributed by atoms with Gasteiger partial charge >= 0.3 is 0 Å². The fraction of sp³-hybridized carbons (Fsp3) is 0.143. The van der Waals surface area contributed by atoms with E-state index in [0.29, 0.717) is 13.1 Å². The van der Waals surface area contributed by atoms with E-state index in [1.54, 1.807) is 42.0 Å². The highest BCUT2D eigenvalue weighted by Crippen LogP contribution is 2.22. The van der Waals surface area contributed by atoms with Crippen molar-refractivity contribution in [3.63, 3.8) is 0 Å². The van der Waals surface area contributed by atoms with Crippen molar-refractivity contribution in [2.45, 2.75) is 17.2 Å². The maximum Gasteiger partial charge on any atom is 0.271 e. The Labute approximate surface area is 178 Å². The van der Waals surface area contributed by atoms with Crippen LogP contribution in [0.15, 0.2) is 76.6 Å². The van der Waals surface area contributed by atoms with Gasteiger partial charge in [0, 0.05) is 13.1 Å². The Morgan fingerprint density at radius 1 is 1.03 bits per heavy atom. The Morgan fingerprint density at radius 2 is 1.83 bits per heavy atom. The summed E-state index contributed by atoms with van der Waals surface area (Å²) in [6.45, 7) is 1.17. The minimum atomic E-state index is -3.72. The zero-order valence-corrected chi connectivity index (χ0v) is 17.6. The lowest BCUT2D eigenvalue weighted by atomic mass is 10.1. The van der Waals surface area contributed by atoms with Gasteiger partial charge in [0.15, 0.2) is 0 Å². The van der Waals surface area contributed by atoms with Gasteiger partial charge in [-0.3, -0.25) is 9.52 Å². The van der Waals surface area contributed by atoms with Gasteiger partial charge in [-0.2, -0.15) is 0 Å². The molecule has 0 aliphatic rings. The molecule has 0 fully saturated rings. The van der Waals surface area contributed by atoms with E-state index in [1.807, 2.05) is 28.8 Å². The molecule has 7 nitrogen and oxygen atoms in total. The number of carbonyl (C=O) groups excluding carboxylic acids is 1. The van der Waals surface area contributed by atoms with Crippen LogP contribution in [0.3, 0.4) is 0 Å². The van der Waals surface area contributed by atoms with Crippen molar-refractivity contribution in [2.24, 2.45) is 0 Å². The summed E-state index contributed by atoms with van der Waals surface area (Å²) in [6.07, 6.45) is 2.51. The van der Waals surface area contributed by atoms with Gasteiger partial charge in [-0.25, -0.2) is 13.4 Å². The van der Waals surface area contributed by atoms with Crippen LogP contribution in [0.2, 0.25) is 0 Å². The third-order valence-electron chi connectivity index (χ3n) is 4.56. The Balaban J connectivity index is 1.38. The van der Waals surface area contributed by atoms with Crippen LogP contribution in [0, 0.1) is 0 Å². The van der Waals surface area contributed by atoms with Crippen LogP contribution in [0.1, 0.15) is 16.8 Å². The number of imidazole rings is 1. The second kappa shape index (κ2) is 8.68. The van der Waals surface area contributed by atoms with Crippen molar-refractivity contribution in [3.05, 3.63) is 77.9 Å². The maximum absolute atomic E-state index is 12.6. The third kappa shape index (κ3) is 4.37. The number of aromatic nitrogens is 2. The molecule has 0 bridgehead atoms. The molecule has 0 spiro atoms. The number of nitrogens with zero attached hydrogens (tertiary/aromatic N) is 2. The van der Waals surface area contributed by atoms with E-state index in [0.717, 1.165) is 28.8 Å². The molecule has 2 heterocycles. The smallest absolute Gasteiger partial charge is 0.271 e. The molecular weight excluding hydrogens is 420 g/mol. The second-order valence-corrected chi connectivity index (χ2v) is 9.48. The molecule has 0 unspecified atom stereocenters. The summed E-state index contributed by atoms with van der Waals surface area (Å²) < 4.78 is 29.7. The number of hydrogen-bond acceptors (Lipinski definition) is 5. The largest absolute Gasteiger partial charge is 0.352 e. The summed E-state index contributed by atoms with van der Waals surface area (Å²) in [4.78, 5) is 17.0. The van der Waals surface area contributed by atoms with Gasteiger partial charge in [-0.05, 0) is 42.1 Å². The minimum absolute atomic E-state index is 0.199. The summed E-state index contributed by atoms with van der Waals surface area (Å²) in [7, 11) is -3.72. The molecule has 30 heavy (non-hydrogen) atoms. The molecule has 0 saturated heterocycles. The molecule has 0 aliphatic carbocycles. The van der Waals surface area contributed by atoms with Crippen molar-refractivity contribution in [1.82, 2.24) is 14.9 Å². The molecule has 154 valence electrons. The van der Waals surface area contributed by atoms with Crippen LogP contribution >= 0.6 is 11.3 Å². The van der Waals surface area contributed by atoms with Gasteiger partial charge in [0.1, 0.15) is 4.21 Å². The minimum Gasteiger partial charge on any atom is -0.352 e. The number of hydrogen-bond donors (Lipinski definition) is 2. The number of thiophene rings is 1. The normalized spacial score (nSPS) is 11.5. The highest BCUT2D eigenvalue weighted by atomic mass is 32.2. The fourth-order valence-corrected chi connectivity index (χ4v) is 5.19. The highest BCUT2D eigenvalue weighted by Gasteiger charge is 2.19. The van der Waals surface area contributed by atoms with E-state index in [4.69, 9.17) is 0 Å². The van der Waals surface area contributed by atoms with E-state index in [2.05, 4.69) is 15.0 Å². The predicted molar refractivity (Wildman–Crippen MR) is 118 cm³/mol. The van der Waals surface area contributed by atoms with Crippen LogP contribution in [-0.4, -0.2) is 30.4 Å².